The molecule has 126 valence electrons. The van der Waals surface area contributed by atoms with Gasteiger partial charge in [0.1, 0.15) is 0 Å². The molecule has 0 radical (unpaired) electrons. The van der Waals surface area contributed by atoms with Crippen LogP contribution in [-0.2, 0) is 10.0 Å². The number of hydrogen-bond acceptors (Lipinski definition) is 3. The second-order valence-corrected chi connectivity index (χ2v) is 7.19. The van der Waals surface area contributed by atoms with Crippen molar-refractivity contribution in [1.82, 2.24) is 4.98 Å². The van der Waals surface area contributed by atoms with Crippen LogP contribution < -0.4 is 4.72 Å². The summed E-state index contributed by atoms with van der Waals surface area (Å²) in [7, 11) is -3.56. The Morgan fingerprint density at radius 2 is 1.68 bits per heavy atom. The van der Waals surface area contributed by atoms with Crippen molar-refractivity contribution in [3.05, 3.63) is 89.6 Å². The van der Waals surface area contributed by atoms with Crippen LogP contribution in [0, 0.1) is 6.92 Å². The van der Waals surface area contributed by atoms with Gasteiger partial charge in [0.2, 0.25) is 0 Å². The number of sulfonamides is 1. The van der Waals surface area contributed by atoms with E-state index in [4.69, 9.17) is 0 Å². The van der Waals surface area contributed by atoms with Crippen molar-refractivity contribution in [2.24, 2.45) is 0 Å². The fraction of sp³-hybridized carbons (Fsp3) is 0.0500. The topological polar surface area (TPSA) is 59.1 Å². The Kier molecular flexibility index (Phi) is 4.95. The van der Waals surface area contributed by atoms with Gasteiger partial charge in [-0.2, -0.15) is 0 Å². The fourth-order valence-electron chi connectivity index (χ4n) is 2.41. The van der Waals surface area contributed by atoms with Gasteiger partial charge in [0, 0.05) is 23.6 Å². The fourth-order valence-corrected chi connectivity index (χ4v) is 3.28. The molecule has 2 aromatic carbocycles. The van der Waals surface area contributed by atoms with E-state index in [1.807, 2.05) is 55.5 Å². The third-order valence-electron chi connectivity index (χ3n) is 3.73. The molecule has 5 heteroatoms. The highest BCUT2D eigenvalue weighted by Crippen LogP contribution is 2.24. The van der Waals surface area contributed by atoms with Gasteiger partial charge < -0.3 is 0 Å². The Morgan fingerprint density at radius 3 is 2.36 bits per heavy atom. The lowest BCUT2D eigenvalue weighted by molar-refractivity contribution is 0.609. The Labute approximate surface area is 147 Å². The summed E-state index contributed by atoms with van der Waals surface area (Å²) in [5.74, 6) is 0. The largest absolute Gasteiger partial charge is 0.280 e. The lowest BCUT2D eigenvalue weighted by Gasteiger charge is -2.08. The molecule has 0 unspecified atom stereocenters. The first-order chi connectivity index (χ1) is 12.0. The molecule has 3 rings (SSSR count). The molecule has 0 aliphatic rings. The second-order valence-electron chi connectivity index (χ2n) is 5.63. The second kappa shape index (κ2) is 7.32. The van der Waals surface area contributed by atoms with Gasteiger partial charge >= 0.3 is 0 Å². The van der Waals surface area contributed by atoms with Crippen molar-refractivity contribution < 1.29 is 8.42 Å². The molecule has 1 heterocycles. The molecular weight excluding hydrogens is 332 g/mol. The van der Waals surface area contributed by atoms with E-state index >= 15 is 0 Å². The summed E-state index contributed by atoms with van der Waals surface area (Å²) in [6.45, 7) is 2.02. The van der Waals surface area contributed by atoms with Crippen LogP contribution in [0.15, 0.2) is 78.5 Å². The molecule has 0 aliphatic heterocycles. The first-order valence-electron chi connectivity index (χ1n) is 7.80. The standard InChI is InChI=1S/C20H18N2O2S/c1-16-11-13-21-15-20(16)18-7-9-19(10-8-18)22-25(23,24)14-12-17-5-3-2-4-6-17/h2-15,22H,1H3. The van der Waals surface area contributed by atoms with Crippen LogP contribution in [-0.4, -0.2) is 13.4 Å². The lowest BCUT2D eigenvalue weighted by atomic mass is 10.0. The molecule has 0 aliphatic carbocycles. The minimum absolute atomic E-state index is 0.517. The molecule has 0 fully saturated rings. The molecule has 0 atom stereocenters. The quantitative estimate of drug-likeness (QED) is 0.738. The summed E-state index contributed by atoms with van der Waals surface area (Å²) in [4.78, 5) is 4.14. The zero-order valence-corrected chi connectivity index (χ0v) is 14.6. The number of aryl methyl sites for hydroxylation is 1. The molecule has 1 N–H and O–H groups in total. The third kappa shape index (κ3) is 4.55. The molecular formula is C20H18N2O2S. The number of pyridine rings is 1. The van der Waals surface area contributed by atoms with Crippen LogP contribution in [0.3, 0.4) is 0 Å². The van der Waals surface area contributed by atoms with Crippen LogP contribution in [0.2, 0.25) is 0 Å². The van der Waals surface area contributed by atoms with E-state index in [9.17, 15) is 8.42 Å². The summed E-state index contributed by atoms with van der Waals surface area (Å²) in [6, 6.07) is 18.5. The van der Waals surface area contributed by atoms with Crippen molar-refractivity contribution >= 4 is 21.8 Å². The van der Waals surface area contributed by atoms with Crippen molar-refractivity contribution in [3.8, 4) is 11.1 Å². The van der Waals surface area contributed by atoms with Gasteiger partial charge in [0.25, 0.3) is 10.0 Å². The Balaban J connectivity index is 1.75. The summed E-state index contributed by atoms with van der Waals surface area (Å²) in [5.41, 5.74) is 4.49. The van der Waals surface area contributed by atoms with E-state index in [-0.39, 0.29) is 0 Å². The molecule has 3 aromatic rings. The van der Waals surface area contributed by atoms with E-state index in [1.54, 1.807) is 30.6 Å². The van der Waals surface area contributed by atoms with E-state index in [1.165, 1.54) is 5.41 Å². The maximum absolute atomic E-state index is 12.2. The van der Waals surface area contributed by atoms with Crippen molar-refractivity contribution in [1.29, 1.82) is 0 Å². The summed E-state index contributed by atoms with van der Waals surface area (Å²) in [6.07, 6.45) is 5.12. The van der Waals surface area contributed by atoms with Crippen molar-refractivity contribution in [2.45, 2.75) is 6.92 Å². The number of nitrogens with one attached hydrogen (secondary N) is 1. The summed E-state index contributed by atoms with van der Waals surface area (Å²) in [5, 5.41) is 1.17. The number of anilines is 1. The van der Waals surface area contributed by atoms with Gasteiger partial charge in [0.15, 0.2) is 0 Å². The number of aromatic nitrogens is 1. The average molecular weight is 350 g/mol. The summed E-state index contributed by atoms with van der Waals surface area (Å²) < 4.78 is 26.9. The average Bonchev–Trinajstić information content (AvgIpc) is 2.62. The minimum atomic E-state index is -3.56. The van der Waals surface area contributed by atoms with Gasteiger partial charge in [-0.15, -0.1) is 0 Å². The molecule has 0 saturated carbocycles. The Hall–Kier alpha value is -2.92. The molecule has 0 bridgehead atoms. The van der Waals surface area contributed by atoms with Gasteiger partial charge in [-0.3, -0.25) is 9.71 Å². The third-order valence-corrected chi connectivity index (χ3v) is 4.75. The Bertz CT molecular complexity index is 980. The first kappa shape index (κ1) is 16.9. The number of benzene rings is 2. The van der Waals surface area contributed by atoms with Crippen molar-refractivity contribution in [2.75, 3.05) is 4.72 Å². The maximum atomic E-state index is 12.2. The monoisotopic (exact) mass is 350 g/mol. The van der Waals surface area contributed by atoms with Crippen molar-refractivity contribution in [3.63, 3.8) is 0 Å². The predicted molar refractivity (Wildman–Crippen MR) is 102 cm³/mol. The van der Waals surface area contributed by atoms with Gasteiger partial charge in [-0.1, -0.05) is 42.5 Å². The summed E-state index contributed by atoms with van der Waals surface area (Å²) >= 11 is 0. The zero-order chi connectivity index (χ0) is 17.7. The van der Waals surface area contributed by atoms with Gasteiger partial charge in [0.05, 0.1) is 5.41 Å². The lowest BCUT2D eigenvalue weighted by Crippen LogP contribution is -2.08. The highest BCUT2D eigenvalue weighted by Gasteiger charge is 2.07. The zero-order valence-electron chi connectivity index (χ0n) is 13.8. The van der Waals surface area contributed by atoms with Gasteiger partial charge in [-0.25, -0.2) is 8.42 Å². The predicted octanol–water partition coefficient (Wildman–Crippen LogP) is 4.47. The number of rotatable bonds is 5. The molecule has 0 amide bonds. The van der Waals surface area contributed by atoms with E-state index in [2.05, 4.69) is 9.71 Å². The number of hydrogen-bond donors (Lipinski definition) is 1. The highest BCUT2D eigenvalue weighted by atomic mass is 32.2. The maximum Gasteiger partial charge on any atom is 0.255 e. The smallest absolute Gasteiger partial charge is 0.255 e. The van der Waals surface area contributed by atoms with Crippen LogP contribution in [0.25, 0.3) is 17.2 Å². The molecule has 0 saturated heterocycles. The Morgan fingerprint density at radius 1 is 0.960 bits per heavy atom. The van der Waals surface area contributed by atoms with Crippen LogP contribution in [0.4, 0.5) is 5.69 Å². The normalized spacial score (nSPS) is 11.6. The highest BCUT2D eigenvalue weighted by molar-refractivity contribution is 7.95. The van der Waals surface area contributed by atoms with Gasteiger partial charge in [-0.05, 0) is 47.9 Å². The van der Waals surface area contributed by atoms with Crippen LogP contribution in [0.1, 0.15) is 11.1 Å². The molecule has 1 aromatic heterocycles. The van der Waals surface area contributed by atoms with E-state index in [0.717, 1.165) is 22.3 Å². The number of nitrogens with zero attached hydrogens (tertiary/aromatic N) is 1. The molecule has 4 nitrogen and oxygen atoms in total. The van der Waals surface area contributed by atoms with E-state index in [0.29, 0.717) is 5.69 Å². The van der Waals surface area contributed by atoms with E-state index < -0.39 is 10.0 Å². The molecule has 0 spiro atoms. The van der Waals surface area contributed by atoms with Crippen LogP contribution in [0.5, 0.6) is 0 Å². The SMILES string of the molecule is Cc1ccncc1-c1ccc(NS(=O)(=O)C=Cc2ccccc2)cc1. The van der Waals surface area contributed by atoms with Crippen LogP contribution >= 0.6 is 0 Å². The molecule has 25 heavy (non-hydrogen) atoms. The minimum Gasteiger partial charge on any atom is -0.280 e. The first-order valence-corrected chi connectivity index (χ1v) is 9.35.